The topological polar surface area (TPSA) is 61.2 Å². The normalized spacial score (nSPS) is 19.3. The summed E-state index contributed by atoms with van der Waals surface area (Å²) < 4.78 is 0. The van der Waals surface area contributed by atoms with Crippen molar-refractivity contribution >= 4 is 11.8 Å². The average Bonchev–Trinajstić information content (AvgIpc) is 2.53. The number of nitrogens with zero attached hydrogens (tertiary/aromatic N) is 3. The van der Waals surface area contributed by atoms with Gasteiger partial charge in [-0.1, -0.05) is 0 Å². The summed E-state index contributed by atoms with van der Waals surface area (Å²) in [5.41, 5.74) is 5.56. The molecule has 0 aromatic carbocycles. The molecule has 2 rings (SSSR count). The Morgan fingerprint density at radius 3 is 2.62 bits per heavy atom. The van der Waals surface area contributed by atoms with E-state index in [0.29, 0.717) is 5.82 Å². The van der Waals surface area contributed by atoms with Crippen LogP contribution in [-0.4, -0.2) is 48.1 Å². The van der Waals surface area contributed by atoms with Crippen molar-refractivity contribution in [2.24, 2.45) is 0 Å². The maximum Gasteiger partial charge on any atom is 0.204 e. The maximum atomic E-state index is 5.56. The molecule has 0 amide bonds. The highest BCUT2D eigenvalue weighted by molar-refractivity contribution is 5.39. The highest BCUT2D eigenvalue weighted by atomic mass is 15.3. The van der Waals surface area contributed by atoms with Gasteiger partial charge in [0.15, 0.2) is 0 Å². The lowest BCUT2D eigenvalue weighted by Crippen LogP contribution is -2.44. The smallest absolute Gasteiger partial charge is 0.204 e. The largest absolute Gasteiger partial charge is 0.384 e. The van der Waals surface area contributed by atoms with E-state index in [2.05, 4.69) is 26.8 Å². The maximum absolute atomic E-state index is 5.56. The molecule has 0 spiro atoms. The van der Waals surface area contributed by atoms with Gasteiger partial charge in [0.2, 0.25) is 5.95 Å². The van der Waals surface area contributed by atoms with Crippen LogP contribution in [-0.2, 0) is 0 Å². The van der Waals surface area contributed by atoms with Crippen molar-refractivity contribution in [1.29, 1.82) is 0 Å². The van der Waals surface area contributed by atoms with Crippen molar-refractivity contribution in [3.63, 3.8) is 0 Å². The van der Waals surface area contributed by atoms with E-state index >= 15 is 0 Å². The van der Waals surface area contributed by atoms with Crippen molar-refractivity contribution in [3.8, 4) is 0 Å². The standard InChI is InChI=1S/C8H15N5/c1-12-2-4-13(5-3-12)8-10-6-7(9)11-8/h6H,2-5,9H2,1H3,(H,10,11). The number of nitrogen functional groups attached to an aromatic ring is 1. The lowest BCUT2D eigenvalue weighted by Gasteiger charge is -2.32. The quantitative estimate of drug-likeness (QED) is 0.627. The number of aromatic amines is 1. The summed E-state index contributed by atoms with van der Waals surface area (Å²) in [6, 6.07) is 0. The minimum atomic E-state index is 0.633. The second kappa shape index (κ2) is 3.26. The van der Waals surface area contributed by atoms with Crippen LogP contribution in [0.4, 0.5) is 11.8 Å². The van der Waals surface area contributed by atoms with Gasteiger partial charge in [0, 0.05) is 26.2 Å². The minimum absolute atomic E-state index is 0.633. The Hall–Kier alpha value is -1.23. The first kappa shape index (κ1) is 8.37. The van der Waals surface area contributed by atoms with Gasteiger partial charge >= 0.3 is 0 Å². The van der Waals surface area contributed by atoms with Gasteiger partial charge < -0.3 is 20.5 Å². The summed E-state index contributed by atoms with van der Waals surface area (Å²) in [6.45, 7) is 4.20. The Balaban J connectivity index is 2.02. The summed E-state index contributed by atoms with van der Waals surface area (Å²) in [5.74, 6) is 1.53. The van der Waals surface area contributed by atoms with Gasteiger partial charge in [-0.05, 0) is 7.05 Å². The first-order valence-electron chi connectivity index (χ1n) is 4.49. The van der Waals surface area contributed by atoms with Crippen LogP contribution in [0.3, 0.4) is 0 Å². The number of hydrogen-bond donors (Lipinski definition) is 2. The van der Waals surface area contributed by atoms with E-state index < -0.39 is 0 Å². The number of anilines is 2. The number of aromatic nitrogens is 2. The highest BCUT2D eigenvalue weighted by Crippen LogP contribution is 2.11. The summed E-state index contributed by atoms with van der Waals surface area (Å²) in [5, 5.41) is 0. The second-order valence-corrected chi connectivity index (χ2v) is 3.45. The van der Waals surface area contributed by atoms with Crippen LogP contribution in [0.2, 0.25) is 0 Å². The molecular formula is C8H15N5. The third-order valence-electron chi connectivity index (χ3n) is 2.38. The number of likely N-dealkylation sites (N-methyl/N-ethyl adjacent to an activating group) is 1. The molecular weight excluding hydrogens is 166 g/mol. The number of rotatable bonds is 1. The molecule has 5 nitrogen and oxygen atoms in total. The van der Waals surface area contributed by atoms with Crippen molar-refractivity contribution in [2.75, 3.05) is 43.9 Å². The van der Waals surface area contributed by atoms with Crippen LogP contribution in [0.25, 0.3) is 0 Å². The summed E-state index contributed by atoms with van der Waals surface area (Å²) in [7, 11) is 2.13. The molecule has 0 bridgehead atoms. The molecule has 2 heterocycles. The van der Waals surface area contributed by atoms with Gasteiger partial charge in [0.25, 0.3) is 0 Å². The van der Waals surface area contributed by atoms with E-state index in [1.807, 2.05) is 0 Å². The lowest BCUT2D eigenvalue weighted by molar-refractivity contribution is 0.311. The van der Waals surface area contributed by atoms with Crippen molar-refractivity contribution < 1.29 is 0 Å². The molecule has 13 heavy (non-hydrogen) atoms. The number of piperazine rings is 1. The van der Waals surface area contributed by atoms with Crippen LogP contribution in [0.15, 0.2) is 6.20 Å². The molecule has 1 fully saturated rings. The van der Waals surface area contributed by atoms with Crippen molar-refractivity contribution in [3.05, 3.63) is 6.20 Å². The fraction of sp³-hybridized carbons (Fsp3) is 0.625. The predicted molar refractivity (Wildman–Crippen MR) is 52.7 cm³/mol. The number of hydrogen-bond acceptors (Lipinski definition) is 4. The highest BCUT2D eigenvalue weighted by Gasteiger charge is 2.15. The summed E-state index contributed by atoms with van der Waals surface area (Å²) in [4.78, 5) is 11.8. The molecule has 3 N–H and O–H groups in total. The zero-order valence-electron chi connectivity index (χ0n) is 7.82. The molecule has 1 saturated heterocycles. The monoisotopic (exact) mass is 181 g/mol. The fourth-order valence-corrected chi connectivity index (χ4v) is 1.50. The summed E-state index contributed by atoms with van der Waals surface area (Å²) in [6.07, 6.45) is 1.66. The zero-order chi connectivity index (χ0) is 9.26. The van der Waals surface area contributed by atoms with Crippen LogP contribution >= 0.6 is 0 Å². The van der Waals surface area contributed by atoms with Gasteiger partial charge in [0.05, 0.1) is 6.20 Å². The molecule has 72 valence electrons. The van der Waals surface area contributed by atoms with Crippen LogP contribution < -0.4 is 10.6 Å². The SMILES string of the molecule is CN1CCN(c2ncc(N)[nH]2)CC1. The number of nitrogens with one attached hydrogen (secondary N) is 1. The van der Waals surface area contributed by atoms with Crippen LogP contribution in [0.1, 0.15) is 0 Å². The molecule has 0 radical (unpaired) electrons. The Labute approximate surface area is 77.5 Å². The average molecular weight is 181 g/mol. The molecule has 0 aliphatic carbocycles. The zero-order valence-corrected chi connectivity index (χ0v) is 7.82. The van der Waals surface area contributed by atoms with Crippen LogP contribution in [0, 0.1) is 0 Å². The predicted octanol–water partition coefficient (Wildman–Crippen LogP) is -0.256. The van der Waals surface area contributed by atoms with E-state index in [4.69, 9.17) is 5.73 Å². The molecule has 1 aliphatic rings. The summed E-state index contributed by atoms with van der Waals surface area (Å²) >= 11 is 0. The molecule has 1 aliphatic heterocycles. The Morgan fingerprint density at radius 2 is 2.08 bits per heavy atom. The van der Waals surface area contributed by atoms with Gasteiger partial charge in [-0.25, -0.2) is 4.98 Å². The molecule has 5 heteroatoms. The van der Waals surface area contributed by atoms with E-state index in [-0.39, 0.29) is 0 Å². The van der Waals surface area contributed by atoms with Gasteiger partial charge in [-0.3, -0.25) is 0 Å². The Kier molecular flexibility index (Phi) is 2.10. The molecule has 0 atom stereocenters. The molecule has 0 unspecified atom stereocenters. The third kappa shape index (κ3) is 1.75. The minimum Gasteiger partial charge on any atom is -0.384 e. The van der Waals surface area contributed by atoms with Crippen molar-refractivity contribution in [1.82, 2.24) is 14.9 Å². The van der Waals surface area contributed by atoms with Crippen LogP contribution in [0.5, 0.6) is 0 Å². The van der Waals surface area contributed by atoms with E-state index in [1.165, 1.54) is 0 Å². The first-order chi connectivity index (χ1) is 6.25. The van der Waals surface area contributed by atoms with E-state index in [1.54, 1.807) is 6.20 Å². The third-order valence-corrected chi connectivity index (χ3v) is 2.38. The Morgan fingerprint density at radius 1 is 1.38 bits per heavy atom. The van der Waals surface area contributed by atoms with Crippen molar-refractivity contribution in [2.45, 2.75) is 0 Å². The molecule has 1 aromatic rings. The second-order valence-electron chi connectivity index (χ2n) is 3.45. The number of nitrogens with two attached hydrogens (primary N) is 1. The van der Waals surface area contributed by atoms with Gasteiger partial charge in [-0.15, -0.1) is 0 Å². The van der Waals surface area contributed by atoms with E-state index in [9.17, 15) is 0 Å². The lowest BCUT2D eigenvalue weighted by atomic mass is 10.3. The fourth-order valence-electron chi connectivity index (χ4n) is 1.50. The Bertz CT molecular complexity index is 274. The van der Waals surface area contributed by atoms with E-state index in [0.717, 1.165) is 32.1 Å². The molecule has 1 aromatic heterocycles. The molecule has 0 saturated carbocycles. The first-order valence-corrected chi connectivity index (χ1v) is 4.49. The van der Waals surface area contributed by atoms with Gasteiger partial charge in [0.1, 0.15) is 5.82 Å². The number of H-pyrrole nitrogens is 1. The van der Waals surface area contributed by atoms with Gasteiger partial charge in [-0.2, -0.15) is 0 Å². The number of imidazole rings is 1.